The summed E-state index contributed by atoms with van der Waals surface area (Å²) in [5, 5.41) is 6.35. The van der Waals surface area contributed by atoms with Crippen molar-refractivity contribution in [1.82, 2.24) is 20.6 Å². The molecular weight excluding hydrogens is 344 g/mol. The topological polar surface area (TPSA) is 96.1 Å². The molecule has 1 aromatic heterocycles. The summed E-state index contributed by atoms with van der Waals surface area (Å²) >= 11 is 0. The van der Waals surface area contributed by atoms with E-state index in [1.54, 1.807) is 0 Å². The Balaban J connectivity index is 1.29. The summed E-state index contributed by atoms with van der Waals surface area (Å²) in [5.74, 6) is 1.79. The number of nitrogens with zero attached hydrogens (tertiary/aromatic N) is 1. The van der Waals surface area contributed by atoms with Crippen molar-refractivity contribution in [2.75, 3.05) is 6.61 Å². The van der Waals surface area contributed by atoms with Crippen LogP contribution in [0.25, 0.3) is 0 Å². The fourth-order valence-corrected chi connectivity index (χ4v) is 4.97. The molecular formula is C20H30N4O3. The molecule has 7 nitrogen and oxygen atoms in total. The Labute approximate surface area is 160 Å². The van der Waals surface area contributed by atoms with Gasteiger partial charge in [-0.05, 0) is 63.7 Å². The third kappa shape index (κ3) is 3.74. The average molecular weight is 374 g/mol. The lowest BCUT2D eigenvalue weighted by atomic mass is 9.71. The Morgan fingerprint density at radius 1 is 1.22 bits per heavy atom. The van der Waals surface area contributed by atoms with Gasteiger partial charge >= 0.3 is 0 Å². The zero-order valence-electron chi connectivity index (χ0n) is 16.2. The summed E-state index contributed by atoms with van der Waals surface area (Å²) in [6.07, 6.45) is 6.37. The molecule has 0 bridgehead atoms. The van der Waals surface area contributed by atoms with Gasteiger partial charge in [0.2, 0.25) is 5.91 Å². The number of rotatable bonds is 5. The molecule has 7 heteroatoms. The van der Waals surface area contributed by atoms with Gasteiger partial charge in [0.15, 0.2) is 0 Å². The molecule has 1 aliphatic heterocycles. The second-order valence-corrected chi connectivity index (χ2v) is 8.27. The summed E-state index contributed by atoms with van der Waals surface area (Å²) in [6, 6.07) is 0.399. The summed E-state index contributed by atoms with van der Waals surface area (Å²) < 4.78 is 5.59. The Morgan fingerprint density at radius 3 is 2.81 bits per heavy atom. The first-order valence-electron chi connectivity index (χ1n) is 10.3. The number of nitrogens with one attached hydrogen (secondary N) is 3. The van der Waals surface area contributed by atoms with Crippen LogP contribution in [0.1, 0.15) is 67.5 Å². The molecule has 3 fully saturated rings. The molecule has 2 saturated carbocycles. The van der Waals surface area contributed by atoms with Gasteiger partial charge in [-0.2, -0.15) is 0 Å². The Kier molecular flexibility index (Phi) is 5.21. The molecule has 2 heterocycles. The number of aromatic amines is 1. The molecule has 5 atom stereocenters. The van der Waals surface area contributed by atoms with Crippen molar-refractivity contribution < 1.29 is 14.3 Å². The minimum atomic E-state index is -0.275. The van der Waals surface area contributed by atoms with E-state index in [2.05, 4.69) is 20.6 Å². The van der Waals surface area contributed by atoms with Crippen molar-refractivity contribution in [1.29, 1.82) is 0 Å². The summed E-state index contributed by atoms with van der Waals surface area (Å²) in [6.45, 7) is 4.58. The van der Waals surface area contributed by atoms with Gasteiger partial charge in [0.05, 0.1) is 0 Å². The number of hydrogen-bond acceptors (Lipinski definition) is 4. The number of aryl methyl sites for hydroxylation is 2. The van der Waals surface area contributed by atoms with Gasteiger partial charge < -0.3 is 20.4 Å². The number of hydrogen-bond donors (Lipinski definition) is 3. The van der Waals surface area contributed by atoms with E-state index in [9.17, 15) is 9.59 Å². The molecule has 2 amide bonds. The van der Waals surface area contributed by atoms with Crippen LogP contribution in [0.15, 0.2) is 0 Å². The van der Waals surface area contributed by atoms with E-state index in [1.165, 1.54) is 0 Å². The Hall–Kier alpha value is -1.89. The summed E-state index contributed by atoms with van der Waals surface area (Å²) in [5.41, 5.74) is 1.42. The van der Waals surface area contributed by atoms with E-state index < -0.39 is 0 Å². The van der Waals surface area contributed by atoms with Crippen LogP contribution in [0.3, 0.4) is 0 Å². The fraction of sp³-hybridized carbons (Fsp3) is 0.750. The van der Waals surface area contributed by atoms with Crippen molar-refractivity contribution in [2.24, 2.45) is 11.8 Å². The quantitative estimate of drug-likeness (QED) is 0.733. The fourth-order valence-electron chi connectivity index (χ4n) is 4.97. The number of aromatic nitrogens is 2. The standard InChI is InChI=1S/C20H30N4O3/c1-3-15-18(22-11(2)21-15)20(26)24-16-9-12-8-13(10-14(12)16)23-19(25)17-6-4-5-7-27-17/h12-14,16-17H,3-10H2,1-2H3,(H,21,22)(H,23,25)(H,24,26)/t12-,13+,14-,16+,17?/m0/s1. The minimum Gasteiger partial charge on any atom is -0.368 e. The second kappa shape index (κ2) is 7.62. The molecule has 3 aliphatic rings. The van der Waals surface area contributed by atoms with Crippen LogP contribution < -0.4 is 10.6 Å². The van der Waals surface area contributed by atoms with Gasteiger partial charge in [-0.15, -0.1) is 0 Å². The number of H-pyrrole nitrogens is 1. The van der Waals surface area contributed by atoms with Crippen molar-refractivity contribution >= 4 is 11.8 Å². The van der Waals surface area contributed by atoms with Gasteiger partial charge in [0.25, 0.3) is 5.91 Å². The number of imidazole rings is 1. The van der Waals surface area contributed by atoms with Crippen molar-refractivity contribution in [3.8, 4) is 0 Å². The second-order valence-electron chi connectivity index (χ2n) is 8.27. The number of fused-ring (bicyclic) bond motifs is 1. The van der Waals surface area contributed by atoms with E-state index in [4.69, 9.17) is 4.74 Å². The maximum Gasteiger partial charge on any atom is 0.271 e. The SMILES string of the molecule is CCc1[nH]c(C)nc1C(=O)N[C@@H]1C[C@@H]2C[C@@H](NC(=O)C3CCCCO3)C[C@@H]21. The molecule has 3 N–H and O–H groups in total. The number of ether oxygens (including phenoxy) is 1. The van der Waals surface area contributed by atoms with Crippen LogP contribution in [0.4, 0.5) is 0 Å². The van der Waals surface area contributed by atoms with Crippen LogP contribution >= 0.6 is 0 Å². The normalized spacial score (nSPS) is 32.4. The predicted molar refractivity (Wildman–Crippen MR) is 100 cm³/mol. The van der Waals surface area contributed by atoms with Crippen molar-refractivity contribution in [3.05, 3.63) is 17.2 Å². The van der Waals surface area contributed by atoms with Crippen LogP contribution in [-0.4, -0.2) is 46.6 Å². The zero-order chi connectivity index (χ0) is 19.0. The highest BCUT2D eigenvalue weighted by Crippen LogP contribution is 2.47. The lowest BCUT2D eigenvalue weighted by Crippen LogP contribution is -2.50. The van der Waals surface area contributed by atoms with E-state index in [0.29, 0.717) is 24.1 Å². The first-order chi connectivity index (χ1) is 13.0. The average Bonchev–Trinajstić information content (AvgIpc) is 3.20. The Morgan fingerprint density at radius 2 is 2.07 bits per heavy atom. The highest BCUT2D eigenvalue weighted by molar-refractivity contribution is 5.93. The van der Waals surface area contributed by atoms with E-state index in [-0.39, 0.29) is 30.0 Å². The predicted octanol–water partition coefficient (Wildman–Crippen LogP) is 1.86. The molecule has 0 radical (unpaired) electrons. The first kappa shape index (κ1) is 18.5. The molecule has 148 valence electrons. The van der Waals surface area contributed by atoms with Gasteiger partial charge in [-0.3, -0.25) is 9.59 Å². The largest absolute Gasteiger partial charge is 0.368 e. The van der Waals surface area contributed by atoms with Crippen LogP contribution in [0, 0.1) is 18.8 Å². The molecule has 1 aromatic rings. The zero-order valence-corrected chi connectivity index (χ0v) is 16.2. The molecule has 2 aliphatic carbocycles. The molecule has 0 aromatic carbocycles. The highest BCUT2D eigenvalue weighted by atomic mass is 16.5. The number of amides is 2. The van der Waals surface area contributed by atoms with Gasteiger partial charge in [0, 0.05) is 24.4 Å². The van der Waals surface area contributed by atoms with Crippen LogP contribution in [0.2, 0.25) is 0 Å². The summed E-state index contributed by atoms with van der Waals surface area (Å²) in [4.78, 5) is 32.5. The first-order valence-corrected chi connectivity index (χ1v) is 10.3. The van der Waals surface area contributed by atoms with E-state index in [1.807, 2.05) is 13.8 Å². The number of carbonyl (C=O) groups is 2. The maximum atomic E-state index is 12.6. The third-order valence-corrected chi connectivity index (χ3v) is 6.42. The molecule has 27 heavy (non-hydrogen) atoms. The van der Waals surface area contributed by atoms with Crippen LogP contribution in [-0.2, 0) is 16.0 Å². The van der Waals surface area contributed by atoms with E-state index >= 15 is 0 Å². The highest BCUT2D eigenvalue weighted by Gasteiger charge is 2.48. The van der Waals surface area contributed by atoms with Gasteiger partial charge in [-0.1, -0.05) is 6.92 Å². The minimum absolute atomic E-state index is 0.0428. The van der Waals surface area contributed by atoms with E-state index in [0.717, 1.165) is 56.5 Å². The lowest BCUT2D eigenvalue weighted by molar-refractivity contribution is -0.136. The lowest BCUT2D eigenvalue weighted by Gasteiger charge is -2.40. The molecule has 0 spiro atoms. The van der Waals surface area contributed by atoms with Crippen molar-refractivity contribution in [3.63, 3.8) is 0 Å². The molecule has 1 saturated heterocycles. The van der Waals surface area contributed by atoms with Gasteiger partial charge in [0.1, 0.15) is 17.6 Å². The van der Waals surface area contributed by atoms with Crippen LogP contribution in [0.5, 0.6) is 0 Å². The smallest absolute Gasteiger partial charge is 0.271 e. The van der Waals surface area contributed by atoms with Crippen molar-refractivity contribution in [2.45, 2.75) is 77.0 Å². The molecule has 4 rings (SSSR count). The summed E-state index contributed by atoms with van der Waals surface area (Å²) in [7, 11) is 0. The van der Waals surface area contributed by atoms with Gasteiger partial charge in [-0.25, -0.2) is 4.98 Å². The third-order valence-electron chi connectivity index (χ3n) is 6.42. The Bertz CT molecular complexity index is 710. The maximum absolute atomic E-state index is 12.6. The monoisotopic (exact) mass is 374 g/mol. The molecule has 1 unspecified atom stereocenters. The number of carbonyl (C=O) groups excluding carboxylic acids is 2.